The predicted octanol–water partition coefficient (Wildman–Crippen LogP) is 1.49. The molecule has 2 N–H and O–H groups in total. The van der Waals surface area contributed by atoms with E-state index in [4.69, 9.17) is 15.2 Å². The highest BCUT2D eigenvalue weighted by Crippen LogP contribution is 2.26. The number of sulfonamides is 1. The van der Waals surface area contributed by atoms with E-state index < -0.39 is 10.0 Å². The number of hydrogen-bond donors (Lipinski definition) is 1. The summed E-state index contributed by atoms with van der Waals surface area (Å²) in [7, 11) is -1.85. The molecule has 0 saturated carbocycles. The van der Waals surface area contributed by atoms with Crippen LogP contribution < -0.4 is 10.5 Å². The first-order chi connectivity index (χ1) is 10.4. The van der Waals surface area contributed by atoms with E-state index in [-0.39, 0.29) is 29.3 Å². The quantitative estimate of drug-likeness (QED) is 0.741. The van der Waals surface area contributed by atoms with Gasteiger partial charge in [0, 0.05) is 26.2 Å². The number of methoxy groups -OCH3 is 1. The molecule has 6 nitrogen and oxygen atoms in total. The summed E-state index contributed by atoms with van der Waals surface area (Å²) in [4.78, 5) is 0.289. The van der Waals surface area contributed by atoms with Crippen molar-refractivity contribution in [3.8, 4) is 5.75 Å². The summed E-state index contributed by atoms with van der Waals surface area (Å²) >= 11 is 0. The van der Waals surface area contributed by atoms with Gasteiger partial charge in [-0.3, -0.25) is 0 Å². The van der Waals surface area contributed by atoms with Gasteiger partial charge in [0.2, 0.25) is 10.0 Å². The fourth-order valence-electron chi connectivity index (χ4n) is 2.50. The van der Waals surface area contributed by atoms with E-state index in [2.05, 4.69) is 0 Å². The van der Waals surface area contributed by atoms with Gasteiger partial charge in [0.25, 0.3) is 0 Å². The lowest BCUT2D eigenvalue weighted by molar-refractivity contribution is 0.146. The molecule has 8 heteroatoms. The highest BCUT2D eigenvalue weighted by atomic mass is 35.5. The van der Waals surface area contributed by atoms with Gasteiger partial charge in [0.1, 0.15) is 12.4 Å². The number of rotatable bonds is 7. The van der Waals surface area contributed by atoms with Crippen molar-refractivity contribution in [3.05, 3.63) is 24.3 Å². The van der Waals surface area contributed by atoms with E-state index in [1.165, 1.54) is 4.31 Å². The SMILES string of the molecule is COCCOc1ccc(S(=O)(=O)N2CCC(C(C)N)C2)cc1.Cl. The van der Waals surface area contributed by atoms with Crippen LogP contribution in [-0.4, -0.2) is 52.2 Å². The Morgan fingerprint density at radius 2 is 1.96 bits per heavy atom. The molecule has 1 aliphatic rings. The van der Waals surface area contributed by atoms with Crippen molar-refractivity contribution in [1.82, 2.24) is 4.31 Å². The molecular formula is C15H25ClN2O4S. The van der Waals surface area contributed by atoms with Gasteiger partial charge in [-0.2, -0.15) is 4.31 Å². The fourth-order valence-corrected chi connectivity index (χ4v) is 4.01. The Kier molecular flexibility index (Phi) is 7.76. The minimum atomic E-state index is -3.45. The van der Waals surface area contributed by atoms with Crippen molar-refractivity contribution in [2.45, 2.75) is 24.3 Å². The van der Waals surface area contributed by atoms with Gasteiger partial charge in [-0.15, -0.1) is 12.4 Å². The summed E-state index contributed by atoms with van der Waals surface area (Å²) in [5, 5.41) is 0. The minimum Gasteiger partial charge on any atom is -0.491 e. The maximum absolute atomic E-state index is 12.6. The third-order valence-corrected chi connectivity index (χ3v) is 5.83. The van der Waals surface area contributed by atoms with Crippen molar-refractivity contribution in [3.63, 3.8) is 0 Å². The maximum atomic E-state index is 12.6. The zero-order valence-corrected chi connectivity index (χ0v) is 15.1. The third-order valence-electron chi connectivity index (χ3n) is 3.95. The van der Waals surface area contributed by atoms with E-state index in [9.17, 15) is 8.42 Å². The molecule has 132 valence electrons. The topological polar surface area (TPSA) is 81.9 Å². The van der Waals surface area contributed by atoms with Crippen LogP contribution in [0.2, 0.25) is 0 Å². The lowest BCUT2D eigenvalue weighted by Crippen LogP contribution is -2.33. The summed E-state index contributed by atoms with van der Waals surface area (Å²) in [6, 6.07) is 6.51. The van der Waals surface area contributed by atoms with Crippen molar-refractivity contribution in [1.29, 1.82) is 0 Å². The smallest absolute Gasteiger partial charge is 0.243 e. The Morgan fingerprint density at radius 3 is 2.48 bits per heavy atom. The van der Waals surface area contributed by atoms with Crippen molar-refractivity contribution >= 4 is 22.4 Å². The molecule has 2 atom stereocenters. The van der Waals surface area contributed by atoms with Gasteiger partial charge in [-0.05, 0) is 43.5 Å². The highest BCUT2D eigenvalue weighted by molar-refractivity contribution is 7.89. The zero-order chi connectivity index (χ0) is 16.2. The number of nitrogens with zero attached hydrogens (tertiary/aromatic N) is 1. The first-order valence-corrected chi connectivity index (χ1v) is 8.86. The molecule has 2 unspecified atom stereocenters. The summed E-state index contributed by atoms with van der Waals surface area (Å²) in [5.41, 5.74) is 5.87. The molecule has 1 aromatic rings. The van der Waals surface area contributed by atoms with Crippen LogP contribution in [0.15, 0.2) is 29.2 Å². The van der Waals surface area contributed by atoms with E-state index >= 15 is 0 Å². The van der Waals surface area contributed by atoms with Crippen LogP contribution in [0.25, 0.3) is 0 Å². The number of benzene rings is 1. The van der Waals surface area contributed by atoms with Crippen LogP contribution in [0.4, 0.5) is 0 Å². The van der Waals surface area contributed by atoms with Crippen molar-refractivity contribution < 1.29 is 17.9 Å². The molecule has 1 heterocycles. The van der Waals surface area contributed by atoms with Gasteiger partial charge >= 0.3 is 0 Å². The average molecular weight is 365 g/mol. The van der Waals surface area contributed by atoms with Gasteiger partial charge in [0.15, 0.2) is 0 Å². The van der Waals surface area contributed by atoms with Gasteiger partial charge < -0.3 is 15.2 Å². The summed E-state index contributed by atoms with van der Waals surface area (Å²) in [5.74, 6) is 0.859. The van der Waals surface area contributed by atoms with Crippen molar-refractivity contribution in [2.24, 2.45) is 11.7 Å². The monoisotopic (exact) mass is 364 g/mol. The second-order valence-electron chi connectivity index (χ2n) is 5.58. The molecule has 0 bridgehead atoms. The molecule has 2 rings (SSSR count). The Hall–Kier alpha value is -0.860. The second-order valence-corrected chi connectivity index (χ2v) is 7.52. The first kappa shape index (κ1) is 20.2. The van der Waals surface area contributed by atoms with Crippen LogP contribution in [0, 0.1) is 5.92 Å². The molecule has 0 aromatic heterocycles. The molecule has 0 spiro atoms. The summed E-state index contributed by atoms with van der Waals surface area (Å²) in [6.07, 6.45) is 0.815. The lowest BCUT2D eigenvalue weighted by Gasteiger charge is -2.18. The molecule has 1 aliphatic heterocycles. The van der Waals surface area contributed by atoms with E-state index in [0.717, 1.165) is 6.42 Å². The Morgan fingerprint density at radius 1 is 1.30 bits per heavy atom. The molecule has 23 heavy (non-hydrogen) atoms. The normalized spacial score (nSPS) is 20.0. The molecular weight excluding hydrogens is 340 g/mol. The Balaban J connectivity index is 0.00000264. The standard InChI is InChI=1S/C15H24N2O4S.ClH/c1-12(16)13-7-8-17(11-13)22(18,19)15-5-3-14(4-6-15)21-10-9-20-2;/h3-6,12-13H,7-11,16H2,1-2H3;1H. The molecule has 1 saturated heterocycles. The van der Waals surface area contributed by atoms with Gasteiger partial charge in [0.05, 0.1) is 11.5 Å². The number of ether oxygens (including phenoxy) is 2. The van der Waals surface area contributed by atoms with Gasteiger partial charge in [-0.25, -0.2) is 8.42 Å². The van der Waals surface area contributed by atoms with Gasteiger partial charge in [-0.1, -0.05) is 0 Å². The fraction of sp³-hybridized carbons (Fsp3) is 0.600. The van der Waals surface area contributed by atoms with E-state index in [1.807, 2.05) is 6.92 Å². The molecule has 0 amide bonds. The number of halogens is 1. The van der Waals surface area contributed by atoms with Crippen LogP contribution in [0.5, 0.6) is 5.75 Å². The number of hydrogen-bond acceptors (Lipinski definition) is 5. The third kappa shape index (κ3) is 5.06. The second kappa shape index (κ2) is 8.84. The lowest BCUT2D eigenvalue weighted by atomic mass is 10.0. The Labute approximate surface area is 144 Å². The summed E-state index contributed by atoms with van der Waals surface area (Å²) < 4.78 is 37.1. The highest BCUT2D eigenvalue weighted by Gasteiger charge is 2.33. The van der Waals surface area contributed by atoms with E-state index in [0.29, 0.717) is 32.1 Å². The largest absolute Gasteiger partial charge is 0.491 e. The average Bonchev–Trinajstić information content (AvgIpc) is 2.99. The zero-order valence-electron chi connectivity index (χ0n) is 13.5. The minimum absolute atomic E-state index is 0. The maximum Gasteiger partial charge on any atom is 0.243 e. The predicted molar refractivity (Wildman–Crippen MR) is 91.6 cm³/mol. The molecule has 0 radical (unpaired) electrons. The van der Waals surface area contributed by atoms with E-state index in [1.54, 1.807) is 31.4 Å². The van der Waals surface area contributed by atoms with Crippen LogP contribution >= 0.6 is 12.4 Å². The Bertz CT molecular complexity index is 578. The molecule has 1 fully saturated rings. The van der Waals surface area contributed by atoms with Crippen LogP contribution in [0.1, 0.15) is 13.3 Å². The summed E-state index contributed by atoms with van der Waals surface area (Å²) in [6.45, 7) is 3.87. The molecule has 1 aromatic carbocycles. The van der Waals surface area contributed by atoms with Crippen LogP contribution in [-0.2, 0) is 14.8 Å². The first-order valence-electron chi connectivity index (χ1n) is 7.42. The molecule has 0 aliphatic carbocycles. The number of nitrogens with two attached hydrogens (primary N) is 1. The van der Waals surface area contributed by atoms with Crippen molar-refractivity contribution in [2.75, 3.05) is 33.4 Å². The van der Waals surface area contributed by atoms with Crippen LogP contribution in [0.3, 0.4) is 0 Å².